The number of ether oxygens (including phenoxy) is 2. The fourth-order valence-corrected chi connectivity index (χ4v) is 4.86. The van der Waals surface area contributed by atoms with Gasteiger partial charge < -0.3 is 14.8 Å². The van der Waals surface area contributed by atoms with Crippen LogP contribution in [0.5, 0.6) is 5.75 Å². The van der Waals surface area contributed by atoms with Crippen molar-refractivity contribution < 1.29 is 31.9 Å². The molecular formula is C20H21FN2O6S. The number of methoxy groups -OCH3 is 1. The zero-order chi connectivity index (χ0) is 21.9. The molecule has 0 bridgehead atoms. The summed E-state index contributed by atoms with van der Waals surface area (Å²) in [6, 6.07) is 10.2. The van der Waals surface area contributed by atoms with Gasteiger partial charge in [0.15, 0.2) is 11.6 Å². The lowest BCUT2D eigenvalue weighted by Crippen LogP contribution is -2.41. The highest BCUT2D eigenvalue weighted by atomic mass is 32.2. The van der Waals surface area contributed by atoms with Crippen LogP contribution < -0.4 is 10.1 Å². The van der Waals surface area contributed by atoms with Gasteiger partial charge in [-0.15, -0.1) is 0 Å². The van der Waals surface area contributed by atoms with Gasteiger partial charge in [-0.05, 0) is 36.4 Å². The fourth-order valence-electron chi connectivity index (χ4n) is 3.24. The van der Waals surface area contributed by atoms with Crippen molar-refractivity contribution in [1.29, 1.82) is 0 Å². The Hall–Kier alpha value is -2.98. The Morgan fingerprint density at radius 1 is 1.13 bits per heavy atom. The minimum Gasteiger partial charge on any atom is -0.486 e. The number of nitrogens with zero attached hydrogens (tertiary/aromatic N) is 1. The first-order chi connectivity index (χ1) is 14.2. The van der Waals surface area contributed by atoms with Crippen LogP contribution in [-0.4, -0.2) is 50.4 Å². The van der Waals surface area contributed by atoms with Gasteiger partial charge in [0.25, 0.3) is 0 Å². The van der Waals surface area contributed by atoms with Crippen LogP contribution in [0.4, 0.5) is 10.1 Å². The summed E-state index contributed by atoms with van der Waals surface area (Å²) in [4.78, 5) is 23.3. The number of hydrogen-bond acceptors (Lipinski definition) is 6. The molecule has 0 radical (unpaired) electrons. The summed E-state index contributed by atoms with van der Waals surface area (Å²) in [7, 11) is -2.91. The third-order valence-electron chi connectivity index (χ3n) is 4.60. The van der Waals surface area contributed by atoms with E-state index in [0.717, 1.165) is 4.31 Å². The van der Waals surface area contributed by atoms with Crippen molar-refractivity contribution in [3.8, 4) is 5.75 Å². The van der Waals surface area contributed by atoms with E-state index >= 15 is 0 Å². The number of sulfonamides is 1. The van der Waals surface area contributed by atoms with E-state index in [-0.39, 0.29) is 29.5 Å². The number of benzene rings is 2. The molecule has 1 saturated heterocycles. The molecule has 30 heavy (non-hydrogen) atoms. The number of halogens is 1. The molecule has 8 nitrogen and oxygen atoms in total. The summed E-state index contributed by atoms with van der Waals surface area (Å²) in [6.45, 7) is 1.19. The first-order valence-corrected chi connectivity index (χ1v) is 10.5. The van der Waals surface area contributed by atoms with Crippen LogP contribution in [0.15, 0.2) is 53.4 Å². The van der Waals surface area contributed by atoms with Crippen LogP contribution >= 0.6 is 0 Å². The summed E-state index contributed by atoms with van der Waals surface area (Å²) in [5.41, 5.74) is 0.438. The van der Waals surface area contributed by atoms with E-state index in [0.29, 0.717) is 5.69 Å². The number of rotatable bonds is 6. The molecule has 1 aliphatic rings. The molecule has 1 aliphatic heterocycles. The Balaban J connectivity index is 1.86. The molecular weight excluding hydrogens is 415 g/mol. The largest absolute Gasteiger partial charge is 0.486 e. The van der Waals surface area contributed by atoms with E-state index < -0.39 is 34.0 Å². The maximum atomic E-state index is 13.9. The van der Waals surface area contributed by atoms with Gasteiger partial charge in [-0.25, -0.2) is 12.8 Å². The second-order valence-electron chi connectivity index (χ2n) is 6.73. The number of amides is 1. The van der Waals surface area contributed by atoms with E-state index in [1.54, 1.807) is 6.07 Å². The van der Waals surface area contributed by atoms with Crippen LogP contribution in [0.25, 0.3) is 0 Å². The Morgan fingerprint density at radius 3 is 2.40 bits per heavy atom. The van der Waals surface area contributed by atoms with Gasteiger partial charge in [0, 0.05) is 19.0 Å². The van der Waals surface area contributed by atoms with Gasteiger partial charge in [-0.2, -0.15) is 4.31 Å². The van der Waals surface area contributed by atoms with E-state index in [4.69, 9.17) is 9.47 Å². The number of carbonyl (C=O) groups is 2. The standard InChI is InChI=1S/C20H21FN2O6S/c1-13(24)22-14-7-9-16(10-8-14)30(26,27)23-12-15(11-18(23)20(25)28-2)29-19-6-4-3-5-17(19)21/h3-10,15,18H,11-12H2,1-2H3,(H,22,24). The van der Waals surface area contributed by atoms with E-state index in [9.17, 15) is 22.4 Å². The van der Waals surface area contributed by atoms with Crippen LogP contribution in [0.2, 0.25) is 0 Å². The molecule has 1 amide bonds. The van der Waals surface area contributed by atoms with E-state index in [1.165, 1.54) is 56.5 Å². The van der Waals surface area contributed by atoms with Gasteiger partial charge in [0.1, 0.15) is 12.1 Å². The molecule has 160 valence electrons. The molecule has 1 fully saturated rings. The SMILES string of the molecule is COC(=O)C1CC(Oc2ccccc2F)CN1S(=O)(=O)c1ccc(NC(C)=O)cc1. The maximum absolute atomic E-state index is 13.9. The fraction of sp³-hybridized carbons (Fsp3) is 0.300. The number of nitrogens with one attached hydrogen (secondary N) is 1. The molecule has 0 aliphatic carbocycles. The topological polar surface area (TPSA) is 102 Å². The molecule has 3 rings (SSSR count). The zero-order valence-electron chi connectivity index (χ0n) is 16.4. The highest BCUT2D eigenvalue weighted by Crippen LogP contribution is 2.30. The summed E-state index contributed by atoms with van der Waals surface area (Å²) in [5, 5.41) is 2.55. The summed E-state index contributed by atoms with van der Waals surface area (Å²) < 4.78 is 51.6. The summed E-state index contributed by atoms with van der Waals surface area (Å²) in [5.74, 6) is -1.62. The lowest BCUT2D eigenvalue weighted by Gasteiger charge is -2.22. The highest BCUT2D eigenvalue weighted by molar-refractivity contribution is 7.89. The van der Waals surface area contributed by atoms with Gasteiger partial charge in [-0.3, -0.25) is 9.59 Å². The molecule has 2 atom stereocenters. The quantitative estimate of drug-likeness (QED) is 0.697. The third-order valence-corrected chi connectivity index (χ3v) is 6.49. The van der Waals surface area contributed by atoms with Crippen molar-refractivity contribution in [3.63, 3.8) is 0 Å². The minimum absolute atomic E-state index is 0.0181. The van der Waals surface area contributed by atoms with Crippen molar-refractivity contribution in [2.45, 2.75) is 30.4 Å². The molecule has 0 aromatic heterocycles. The number of esters is 1. The predicted molar refractivity (Wildman–Crippen MR) is 106 cm³/mol. The van der Waals surface area contributed by atoms with E-state index in [2.05, 4.69) is 5.32 Å². The monoisotopic (exact) mass is 436 g/mol. The van der Waals surface area contributed by atoms with Crippen molar-refractivity contribution in [2.75, 3.05) is 19.0 Å². The van der Waals surface area contributed by atoms with Crippen LogP contribution in [0, 0.1) is 5.82 Å². The average Bonchev–Trinajstić information content (AvgIpc) is 3.14. The van der Waals surface area contributed by atoms with Gasteiger partial charge in [0.05, 0.1) is 18.6 Å². The van der Waals surface area contributed by atoms with Crippen LogP contribution in [0.3, 0.4) is 0 Å². The van der Waals surface area contributed by atoms with Gasteiger partial charge >= 0.3 is 5.97 Å². The number of hydrogen-bond donors (Lipinski definition) is 1. The average molecular weight is 436 g/mol. The lowest BCUT2D eigenvalue weighted by molar-refractivity contribution is -0.144. The van der Waals surface area contributed by atoms with Gasteiger partial charge in [0.2, 0.25) is 15.9 Å². The summed E-state index contributed by atoms with van der Waals surface area (Å²) in [6.07, 6.45) is -0.719. The lowest BCUT2D eigenvalue weighted by atomic mass is 10.2. The molecule has 2 unspecified atom stereocenters. The first kappa shape index (κ1) is 21.7. The zero-order valence-corrected chi connectivity index (χ0v) is 17.2. The second-order valence-corrected chi connectivity index (χ2v) is 8.62. The molecule has 2 aromatic rings. The second kappa shape index (κ2) is 8.80. The van der Waals surface area contributed by atoms with E-state index in [1.807, 2.05) is 0 Å². The molecule has 1 N–H and O–H groups in total. The van der Waals surface area contributed by atoms with Gasteiger partial charge in [-0.1, -0.05) is 12.1 Å². The Kier molecular flexibility index (Phi) is 6.37. The van der Waals surface area contributed by atoms with Crippen molar-refractivity contribution in [2.24, 2.45) is 0 Å². The third kappa shape index (κ3) is 4.60. The normalized spacial score (nSPS) is 19.3. The van der Waals surface area contributed by atoms with Crippen LogP contribution in [0.1, 0.15) is 13.3 Å². The van der Waals surface area contributed by atoms with Crippen molar-refractivity contribution in [1.82, 2.24) is 4.31 Å². The minimum atomic E-state index is -4.08. The highest BCUT2D eigenvalue weighted by Gasteiger charge is 2.45. The Morgan fingerprint density at radius 2 is 1.80 bits per heavy atom. The Bertz CT molecular complexity index is 1040. The van der Waals surface area contributed by atoms with Crippen molar-refractivity contribution >= 4 is 27.6 Å². The summed E-state index contributed by atoms with van der Waals surface area (Å²) >= 11 is 0. The molecule has 0 spiro atoms. The number of anilines is 1. The smallest absolute Gasteiger partial charge is 0.324 e. The first-order valence-electron chi connectivity index (χ1n) is 9.11. The van der Waals surface area contributed by atoms with Crippen molar-refractivity contribution in [3.05, 3.63) is 54.3 Å². The molecule has 2 aromatic carbocycles. The predicted octanol–water partition coefficient (Wildman–Crippen LogP) is 2.17. The maximum Gasteiger partial charge on any atom is 0.324 e. The molecule has 10 heteroatoms. The molecule has 1 heterocycles. The number of para-hydroxylation sites is 1. The number of carbonyl (C=O) groups excluding carboxylic acids is 2. The van der Waals surface area contributed by atoms with Crippen LogP contribution in [-0.2, 0) is 24.3 Å². The molecule has 0 saturated carbocycles. The Labute approximate surface area is 173 Å².